The summed E-state index contributed by atoms with van der Waals surface area (Å²) >= 11 is 6.20. The minimum absolute atomic E-state index is 0.149. The fourth-order valence-corrected chi connectivity index (χ4v) is 3.24. The second-order valence-electron chi connectivity index (χ2n) is 5.42. The molecular weight excluding hydrogens is 246 g/mol. The van der Waals surface area contributed by atoms with Crippen LogP contribution in [0.2, 0.25) is 0 Å². The van der Waals surface area contributed by atoms with E-state index in [2.05, 4.69) is 28.1 Å². The Hall–Kier alpha value is -0.540. The first-order valence-electron chi connectivity index (χ1n) is 7.03. The van der Waals surface area contributed by atoms with Crippen LogP contribution in [0.25, 0.3) is 0 Å². The van der Waals surface area contributed by atoms with Crippen molar-refractivity contribution in [3.8, 4) is 0 Å². The number of hydrogen-bond acceptors (Lipinski definition) is 2. The third kappa shape index (κ3) is 3.07. The first-order chi connectivity index (χ1) is 8.69. The molecule has 1 heterocycles. The molecule has 0 amide bonds. The normalized spacial score (nSPS) is 19.1. The molecule has 3 nitrogen and oxygen atoms in total. The first-order valence-corrected chi connectivity index (χ1v) is 7.57. The summed E-state index contributed by atoms with van der Waals surface area (Å²) in [5.74, 6) is 0.715. The number of aromatic nitrogens is 2. The lowest BCUT2D eigenvalue weighted by Gasteiger charge is -2.36. The predicted molar refractivity (Wildman–Crippen MR) is 76.0 cm³/mol. The second-order valence-corrected chi connectivity index (χ2v) is 5.69. The molecule has 1 aromatic rings. The van der Waals surface area contributed by atoms with Gasteiger partial charge in [0.05, 0.1) is 11.4 Å². The van der Waals surface area contributed by atoms with E-state index in [-0.39, 0.29) is 5.54 Å². The molecule has 1 aliphatic carbocycles. The quantitative estimate of drug-likeness (QED) is 0.832. The summed E-state index contributed by atoms with van der Waals surface area (Å²) in [5.41, 5.74) is 2.51. The Bertz CT molecular complexity index is 380. The van der Waals surface area contributed by atoms with Crippen molar-refractivity contribution >= 4 is 11.6 Å². The van der Waals surface area contributed by atoms with Crippen LogP contribution in [0.3, 0.4) is 0 Å². The smallest absolute Gasteiger partial charge is 0.0597 e. The Morgan fingerprint density at radius 2 is 2.11 bits per heavy atom. The Morgan fingerprint density at radius 3 is 2.72 bits per heavy atom. The highest BCUT2D eigenvalue weighted by molar-refractivity contribution is 6.18. The third-order valence-corrected chi connectivity index (χ3v) is 4.51. The van der Waals surface area contributed by atoms with Crippen molar-refractivity contribution in [2.75, 3.05) is 5.88 Å². The minimum Gasteiger partial charge on any atom is -0.304 e. The standard InChI is InChI=1S/C14H24ClN3/c1-3-18-13(9-12(2)17-18)10-16-14(11-15)7-5-4-6-8-14/h9,16H,3-8,10-11H2,1-2H3. The van der Waals surface area contributed by atoms with Crippen LogP contribution < -0.4 is 5.32 Å². The van der Waals surface area contributed by atoms with Gasteiger partial charge in [-0.15, -0.1) is 11.6 Å². The van der Waals surface area contributed by atoms with Gasteiger partial charge >= 0.3 is 0 Å². The average Bonchev–Trinajstić information content (AvgIpc) is 2.78. The molecule has 0 unspecified atom stereocenters. The third-order valence-electron chi connectivity index (χ3n) is 4.00. The summed E-state index contributed by atoms with van der Waals surface area (Å²) in [6.45, 7) is 5.99. The van der Waals surface area contributed by atoms with Crippen molar-refractivity contribution in [1.29, 1.82) is 0 Å². The van der Waals surface area contributed by atoms with E-state index in [1.54, 1.807) is 0 Å². The van der Waals surface area contributed by atoms with Crippen molar-refractivity contribution in [2.45, 2.75) is 64.6 Å². The summed E-state index contributed by atoms with van der Waals surface area (Å²) in [6.07, 6.45) is 6.36. The molecule has 0 bridgehead atoms. The van der Waals surface area contributed by atoms with E-state index < -0.39 is 0 Å². The summed E-state index contributed by atoms with van der Waals surface area (Å²) in [7, 11) is 0. The lowest BCUT2D eigenvalue weighted by molar-refractivity contribution is 0.254. The summed E-state index contributed by atoms with van der Waals surface area (Å²) in [4.78, 5) is 0. The maximum atomic E-state index is 6.20. The Labute approximate surface area is 115 Å². The molecular formula is C14H24ClN3. The lowest BCUT2D eigenvalue weighted by atomic mass is 9.83. The molecule has 1 aliphatic rings. The van der Waals surface area contributed by atoms with Gasteiger partial charge in [-0.1, -0.05) is 19.3 Å². The maximum Gasteiger partial charge on any atom is 0.0597 e. The highest BCUT2D eigenvalue weighted by atomic mass is 35.5. The Morgan fingerprint density at radius 1 is 1.39 bits per heavy atom. The van der Waals surface area contributed by atoms with Gasteiger partial charge in [0.2, 0.25) is 0 Å². The molecule has 1 N–H and O–H groups in total. The predicted octanol–water partition coefficient (Wildman–Crippen LogP) is 3.24. The van der Waals surface area contributed by atoms with Gasteiger partial charge in [-0.2, -0.15) is 5.10 Å². The number of nitrogens with zero attached hydrogens (tertiary/aromatic N) is 2. The molecule has 1 saturated carbocycles. The van der Waals surface area contributed by atoms with E-state index in [4.69, 9.17) is 11.6 Å². The molecule has 0 radical (unpaired) electrons. The van der Waals surface area contributed by atoms with Crippen LogP contribution >= 0.6 is 11.6 Å². The van der Waals surface area contributed by atoms with E-state index in [1.807, 2.05) is 6.92 Å². The van der Waals surface area contributed by atoms with E-state index in [0.29, 0.717) is 5.88 Å². The van der Waals surface area contributed by atoms with Crippen molar-refractivity contribution in [3.05, 3.63) is 17.5 Å². The molecule has 0 saturated heterocycles. The molecule has 2 rings (SSSR count). The number of nitrogens with one attached hydrogen (secondary N) is 1. The largest absolute Gasteiger partial charge is 0.304 e. The van der Waals surface area contributed by atoms with Crippen LogP contribution in [0.1, 0.15) is 50.4 Å². The molecule has 1 aromatic heterocycles. The van der Waals surface area contributed by atoms with Crippen molar-refractivity contribution in [3.63, 3.8) is 0 Å². The fraction of sp³-hybridized carbons (Fsp3) is 0.786. The topological polar surface area (TPSA) is 29.9 Å². The number of rotatable bonds is 5. The van der Waals surface area contributed by atoms with E-state index in [1.165, 1.54) is 37.8 Å². The van der Waals surface area contributed by atoms with E-state index in [0.717, 1.165) is 18.8 Å². The monoisotopic (exact) mass is 269 g/mol. The summed E-state index contributed by atoms with van der Waals surface area (Å²) < 4.78 is 2.08. The van der Waals surface area contributed by atoms with Gasteiger partial charge in [-0.25, -0.2) is 0 Å². The number of halogens is 1. The SMILES string of the molecule is CCn1nc(C)cc1CNC1(CCl)CCCCC1. The van der Waals surface area contributed by atoms with Crippen molar-refractivity contribution in [1.82, 2.24) is 15.1 Å². The Balaban J connectivity index is 2.00. The molecule has 0 spiro atoms. The zero-order chi connectivity index (χ0) is 13.0. The van der Waals surface area contributed by atoms with Crippen LogP contribution in [-0.2, 0) is 13.1 Å². The van der Waals surface area contributed by atoms with Gasteiger partial charge in [0.25, 0.3) is 0 Å². The number of hydrogen-bond donors (Lipinski definition) is 1. The van der Waals surface area contributed by atoms with Crippen LogP contribution in [0.15, 0.2) is 6.07 Å². The van der Waals surface area contributed by atoms with Gasteiger partial charge in [0, 0.05) is 24.5 Å². The average molecular weight is 270 g/mol. The van der Waals surface area contributed by atoms with Crippen LogP contribution in [-0.4, -0.2) is 21.2 Å². The van der Waals surface area contributed by atoms with Crippen molar-refractivity contribution < 1.29 is 0 Å². The van der Waals surface area contributed by atoms with Gasteiger partial charge in [-0.05, 0) is 32.8 Å². The molecule has 18 heavy (non-hydrogen) atoms. The minimum atomic E-state index is 0.149. The molecule has 102 valence electrons. The fourth-order valence-electron chi connectivity index (χ4n) is 2.88. The molecule has 1 fully saturated rings. The van der Waals surface area contributed by atoms with Crippen LogP contribution in [0.5, 0.6) is 0 Å². The zero-order valence-electron chi connectivity index (χ0n) is 11.5. The highest BCUT2D eigenvalue weighted by Crippen LogP contribution is 2.29. The van der Waals surface area contributed by atoms with Crippen LogP contribution in [0, 0.1) is 6.92 Å². The maximum absolute atomic E-state index is 6.20. The zero-order valence-corrected chi connectivity index (χ0v) is 12.3. The van der Waals surface area contributed by atoms with Crippen LogP contribution in [0.4, 0.5) is 0 Å². The van der Waals surface area contributed by atoms with Gasteiger partial charge in [0.1, 0.15) is 0 Å². The summed E-state index contributed by atoms with van der Waals surface area (Å²) in [6, 6.07) is 2.17. The van der Waals surface area contributed by atoms with Gasteiger partial charge in [0.15, 0.2) is 0 Å². The molecule has 0 aliphatic heterocycles. The van der Waals surface area contributed by atoms with Gasteiger partial charge < -0.3 is 5.32 Å². The lowest BCUT2D eigenvalue weighted by Crippen LogP contribution is -2.48. The number of alkyl halides is 1. The highest BCUT2D eigenvalue weighted by Gasteiger charge is 2.30. The van der Waals surface area contributed by atoms with Crippen molar-refractivity contribution in [2.24, 2.45) is 0 Å². The summed E-state index contributed by atoms with van der Waals surface area (Å²) in [5, 5.41) is 8.18. The second kappa shape index (κ2) is 6.07. The van der Waals surface area contributed by atoms with E-state index in [9.17, 15) is 0 Å². The number of aryl methyl sites for hydroxylation is 2. The molecule has 0 atom stereocenters. The van der Waals surface area contributed by atoms with Gasteiger partial charge in [-0.3, -0.25) is 4.68 Å². The molecule has 4 heteroatoms. The molecule has 0 aromatic carbocycles. The van der Waals surface area contributed by atoms with E-state index >= 15 is 0 Å². The Kier molecular flexibility index (Phi) is 4.68. The first kappa shape index (κ1) is 13.9.